The number of fused-ring (bicyclic) bond motifs is 1. The molecule has 0 aliphatic carbocycles. The Morgan fingerprint density at radius 2 is 2.00 bits per heavy atom. The third-order valence-electron chi connectivity index (χ3n) is 3.20. The van der Waals surface area contributed by atoms with Crippen LogP contribution in [-0.2, 0) is 6.42 Å². The second-order valence-electron chi connectivity index (χ2n) is 5.40. The van der Waals surface area contributed by atoms with Gasteiger partial charge in [0.05, 0.1) is 7.11 Å². The van der Waals surface area contributed by atoms with E-state index in [4.69, 9.17) is 4.74 Å². The molecule has 3 heteroatoms. The summed E-state index contributed by atoms with van der Waals surface area (Å²) in [5, 5.41) is 0. The zero-order valence-corrected chi connectivity index (χ0v) is 10.9. The van der Waals surface area contributed by atoms with E-state index in [9.17, 15) is 4.79 Å². The van der Waals surface area contributed by atoms with Crippen LogP contribution >= 0.6 is 0 Å². The largest absolute Gasteiger partial charge is 0.497 e. The van der Waals surface area contributed by atoms with E-state index in [1.54, 1.807) is 7.11 Å². The number of amides is 1. The number of ether oxygens (including phenoxy) is 1. The topological polar surface area (TPSA) is 29.5 Å². The Morgan fingerprint density at radius 3 is 2.59 bits per heavy atom. The molecule has 1 aromatic rings. The molecular weight excluding hydrogens is 214 g/mol. The molecule has 1 aromatic carbocycles. The molecule has 0 fully saturated rings. The van der Waals surface area contributed by atoms with Crippen LogP contribution in [0.2, 0.25) is 0 Å². The van der Waals surface area contributed by atoms with Gasteiger partial charge < -0.3 is 9.64 Å². The van der Waals surface area contributed by atoms with Crippen molar-refractivity contribution in [1.82, 2.24) is 4.90 Å². The van der Waals surface area contributed by atoms with Crippen LogP contribution in [0.25, 0.3) is 0 Å². The molecule has 0 spiro atoms. The van der Waals surface area contributed by atoms with Crippen LogP contribution in [0, 0.1) is 0 Å². The molecule has 2 rings (SSSR count). The fraction of sp³-hybridized carbons (Fsp3) is 0.500. The highest BCUT2D eigenvalue weighted by molar-refractivity contribution is 5.97. The van der Waals surface area contributed by atoms with Gasteiger partial charge in [0, 0.05) is 17.6 Å². The summed E-state index contributed by atoms with van der Waals surface area (Å²) in [6.45, 7) is 6.99. The number of methoxy groups -OCH3 is 1. The lowest BCUT2D eigenvalue weighted by molar-refractivity contribution is 0.0562. The normalized spacial score (nSPS) is 15.8. The predicted molar refractivity (Wildman–Crippen MR) is 67.5 cm³/mol. The van der Waals surface area contributed by atoms with Gasteiger partial charge in [0.15, 0.2) is 0 Å². The summed E-state index contributed by atoms with van der Waals surface area (Å²) in [5.41, 5.74) is 1.79. The molecule has 0 N–H and O–H groups in total. The van der Waals surface area contributed by atoms with E-state index in [0.717, 1.165) is 29.8 Å². The van der Waals surface area contributed by atoms with Crippen LogP contribution in [0.3, 0.4) is 0 Å². The zero-order valence-electron chi connectivity index (χ0n) is 10.9. The Labute approximate surface area is 102 Å². The van der Waals surface area contributed by atoms with Crippen molar-refractivity contribution in [3.63, 3.8) is 0 Å². The number of nitrogens with zero attached hydrogens (tertiary/aromatic N) is 1. The molecule has 3 nitrogen and oxygen atoms in total. The Balaban J connectivity index is 2.37. The summed E-state index contributed by atoms with van der Waals surface area (Å²) >= 11 is 0. The van der Waals surface area contributed by atoms with Crippen molar-refractivity contribution in [2.24, 2.45) is 0 Å². The smallest absolute Gasteiger partial charge is 0.254 e. The summed E-state index contributed by atoms with van der Waals surface area (Å²) in [6, 6.07) is 5.69. The van der Waals surface area contributed by atoms with E-state index in [1.807, 2.05) is 23.1 Å². The molecule has 1 aliphatic rings. The first kappa shape index (κ1) is 12.0. The molecule has 1 aliphatic heterocycles. The average Bonchev–Trinajstić information content (AvgIpc) is 2.27. The van der Waals surface area contributed by atoms with Gasteiger partial charge in [-0.15, -0.1) is 0 Å². The Bertz CT molecular complexity index is 446. The second-order valence-corrected chi connectivity index (χ2v) is 5.40. The molecule has 0 atom stereocenters. The van der Waals surface area contributed by atoms with Gasteiger partial charge in [-0.2, -0.15) is 0 Å². The van der Waals surface area contributed by atoms with Crippen molar-refractivity contribution < 1.29 is 9.53 Å². The first-order chi connectivity index (χ1) is 7.93. The van der Waals surface area contributed by atoms with Gasteiger partial charge in [0.2, 0.25) is 0 Å². The first-order valence-electron chi connectivity index (χ1n) is 5.92. The summed E-state index contributed by atoms with van der Waals surface area (Å²) in [6.07, 6.45) is 0.898. The highest BCUT2D eigenvalue weighted by atomic mass is 16.5. The zero-order chi connectivity index (χ0) is 12.6. The minimum Gasteiger partial charge on any atom is -0.497 e. The lowest BCUT2D eigenvalue weighted by Crippen LogP contribution is -2.49. The maximum absolute atomic E-state index is 12.3. The maximum Gasteiger partial charge on any atom is 0.254 e. The lowest BCUT2D eigenvalue weighted by Gasteiger charge is -2.39. The van der Waals surface area contributed by atoms with Crippen LogP contribution in [0.1, 0.15) is 36.7 Å². The van der Waals surface area contributed by atoms with Gasteiger partial charge >= 0.3 is 0 Å². The minimum atomic E-state index is -0.116. The first-order valence-corrected chi connectivity index (χ1v) is 5.92. The number of benzene rings is 1. The van der Waals surface area contributed by atoms with Crippen molar-refractivity contribution in [1.29, 1.82) is 0 Å². The summed E-state index contributed by atoms with van der Waals surface area (Å²) in [5.74, 6) is 0.946. The number of rotatable bonds is 1. The Hall–Kier alpha value is -1.51. The predicted octanol–water partition coefficient (Wildman–Crippen LogP) is 2.49. The van der Waals surface area contributed by atoms with Crippen molar-refractivity contribution >= 4 is 5.91 Å². The molecule has 17 heavy (non-hydrogen) atoms. The fourth-order valence-electron chi connectivity index (χ4n) is 2.23. The van der Waals surface area contributed by atoms with Crippen LogP contribution < -0.4 is 4.74 Å². The van der Waals surface area contributed by atoms with Gasteiger partial charge in [0.25, 0.3) is 5.91 Å². The molecule has 92 valence electrons. The average molecular weight is 233 g/mol. The highest BCUT2D eigenvalue weighted by Crippen LogP contribution is 2.27. The van der Waals surface area contributed by atoms with Gasteiger partial charge in [-0.25, -0.2) is 0 Å². The molecule has 0 bridgehead atoms. The van der Waals surface area contributed by atoms with E-state index in [-0.39, 0.29) is 11.4 Å². The second kappa shape index (κ2) is 4.06. The van der Waals surface area contributed by atoms with E-state index in [2.05, 4.69) is 20.8 Å². The Kier molecular flexibility index (Phi) is 2.86. The van der Waals surface area contributed by atoms with Crippen LogP contribution in [-0.4, -0.2) is 30.0 Å². The molecule has 0 unspecified atom stereocenters. The van der Waals surface area contributed by atoms with E-state index in [0.29, 0.717) is 0 Å². The monoisotopic (exact) mass is 233 g/mol. The molecule has 0 saturated heterocycles. The van der Waals surface area contributed by atoms with Crippen LogP contribution in [0.5, 0.6) is 5.75 Å². The summed E-state index contributed by atoms with van der Waals surface area (Å²) < 4.78 is 5.18. The maximum atomic E-state index is 12.3. The van der Waals surface area contributed by atoms with E-state index in [1.165, 1.54) is 0 Å². The fourth-order valence-corrected chi connectivity index (χ4v) is 2.23. The standard InChI is InChI=1S/C14H19NO2/c1-14(2,3)15-8-7-10-9-11(17-4)5-6-12(10)13(15)16/h5-6,9H,7-8H2,1-4H3. The highest BCUT2D eigenvalue weighted by Gasteiger charge is 2.31. The van der Waals surface area contributed by atoms with Crippen molar-refractivity contribution in [2.45, 2.75) is 32.7 Å². The SMILES string of the molecule is COc1ccc2c(c1)CCN(C(C)(C)C)C2=O. The molecule has 0 saturated carbocycles. The third kappa shape index (κ3) is 2.14. The number of carbonyl (C=O) groups excluding carboxylic acids is 1. The summed E-state index contributed by atoms with van der Waals surface area (Å²) in [7, 11) is 1.65. The number of carbonyl (C=O) groups is 1. The molecule has 1 heterocycles. The quantitative estimate of drug-likeness (QED) is 0.746. The van der Waals surface area contributed by atoms with Gasteiger partial charge in [-0.1, -0.05) is 0 Å². The van der Waals surface area contributed by atoms with Gasteiger partial charge in [0.1, 0.15) is 5.75 Å². The van der Waals surface area contributed by atoms with Gasteiger partial charge in [-0.05, 0) is 51.0 Å². The Morgan fingerprint density at radius 1 is 1.29 bits per heavy atom. The number of hydrogen-bond donors (Lipinski definition) is 0. The molecular formula is C14H19NO2. The molecule has 0 radical (unpaired) electrons. The minimum absolute atomic E-state index is 0.116. The van der Waals surface area contributed by atoms with Crippen molar-refractivity contribution in [3.05, 3.63) is 29.3 Å². The van der Waals surface area contributed by atoms with Crippen LogP contribution in [0.15, 0.2) is 18.2 Å². The third-order valence-corrected chi connectivity index (χ3v) is 3.20. The lowest BCUT2D eigenvalue weighted by atomic mass is 9.94. The molecule has 1 amide bonds. The summed E-state index contributed by atoms with van der Waals surface area (Å²) in [4.78, 5) is 14.3. The molecule has 0 aromatic heterocycles. The van der Waals surface area contributed by atoms with Gasteiger partial charge in [-0.3, -0.25) is 4.79 Å². The van der Waals surface area contributed by atoms with Crippen molar-refractivity contribution in [2.75, 3.05) is 13.7 Å². The van der Waals surface area contributed by atoms with Crippen molar-refractivity contribution in [3.8, 4) is 5.75 Å². The van der Waals surface area contributed by atoms with E-state index >= 15 is 0 Å². The van der Waals surface area contributed by atoms with Crippen LogP contribution in [0.4, 0.5) is 0 Å². The van der Waals surface area contributed by atoms with E-state index < -0.39 is 0 Å². The number of hydrogen-bond acceptors (Lipinski definition) is 2.